The van der Waals surface area contributed by atoms with E-state index in [4.69, 9.17) is 0 Å². The number of aromatic nitrogens is 2. The molecule has 0 aromatic carbocycles. The van der Waals surface area contributed by atoms with Crippen LogP contribution in [0.2, 0.25) is 0 Å². The average Bonchev–Trinajstić information content (AvgIpc) is 2.39. The second-order valence-electron chi connectivity index (χ2n) is 2.11. The maximum Gasteiger partial charge on any atom is 0.0921 e. The molecule has 0 radical (unpaired) electrons. The van der Waals surface area contributed by atoms with E-state index in [0.29, 0.717) is 0 Å². The van der Waals surface area contributed by atoms with Crippen molar-refractivity contribution in [1.29, 1.82) is 0 Å². The van der Waals surface area contributed by atoms with E-state index < -0.39 is 0 Å². The van der Waals surface area contributed by atoms with Crippen molar-refractivity contribution >= 4 is 31.9 Å². The van der Waals surface area contributed by atoms with Gasteiger partial charge in [0.1, 0.15) is 0 Å². The zero-order valence-electron chi connectivity index (χ0n) is 5.85. The first-order valence-corrected chi connectivity index (χ1v) is 4.86. The van der Waals surface area contributed by atoms with Crippen LogP contribution >= 0.6 is 31.9 Å². The van der Waals surface area contributed by atoms with E-state index in [1.165, 1.54) is 5.69 Å². The molecule has 60 valence electrons. The van der Waals surface area contributed by atoms with Gasteiger partial charge in [0.05, 0.1) is 9.72 Å². The van der Waals surface area contributed by atoms with Crippen molar-refractivity contribution in [2.45, 2.75) is 12.8 Å². The minimum absolute atomic E-state index is 1.00. The van der Waals surface area contributed by atoms with Crippen molar-refractivity contribution in [3.05, 3.63) is 27.7 Å². The van der Waals surface area contributed by atoms with Gasteiger partial charge in [-0.3, -0.25) is 0 Å². The monoisotopic (exact) mass is 278 g/mol. The summed E-state index contributed by atoms with van der Waals surface area (Å²) < 4.78 is 1.00. The van der Waals surface area contributed by atoms with Crippen molar-refractivity contribution in [3.8, 4) is 0 Å². The number of hydrogen-bond acceptors (Lipinski definition) is 1. The molecule has 1 heterocycles. The van der Waals surface area contributed by atoms with Gasteiger partial charge in [0.15, 0.2) is 0 Å². The van der Waals surface area contributed by atoms with E-state index in [1.807, 2.05) is 6.20 Å². The quantitative estimate of drug-likeness (QED) is 0.905. The summed E-state index contributed by atoms with van der Waals surface area (Å²) in [6, 6.07) is 0. The van der Waals surface area contributed by atoms with Crippen LogP contribution in [0, 0.1) is 0 Å². The Bertz CT molecular complexity index is 225. The second-order valence-corrected chi connectivity index (χ2v) is 4.88. The molecule has 11 heavy (non-hydrogen) atoms. The smallest absolute Gasteiger partial charge is 0.0921 e. The Morgan fingerprint density at radius 2 is 2.45 bits per heavy atom. The number of H-pyrrole nitrogens is 1. The summed E-state index contributed by atoms with van der Waals surface area (Å²) in [7, 11) is 0. The summed E-state index contributed by atoms with van der Waals surface area (Å²) in [5.74, 6) is 0. The Morgan fingerprint density at radius 1 is 1.64 bits per heavy atom. The third-order valence-corrected chi connectivity index (χ3v) is 1.91. The van der Waals surface area contributed by atoms with Crippen LogP contribution in [0.15, 0.2) is 22.0 Å². The average molecular weight is 280 g/mol. The number of imidazole rings is 1. The van der Waals surface area contributed by atoms with Crippen LogP contribution in [0.4, 0.5) is 0 Å². The second kappa shape index (κ2) is 4.72. The van der Waals surface area contributed by atoms with Crippen molar-refractivity contribution in [2.24, 2.45) is 0 Å². The fourth-order valence-corrected chi connectivity index (χ4v) is 1.22. The Balaban J connectivity index is 2.30. The van der Waals surface area contributed by atoms with Crippen molar-refractivity contribution < 1.29 is 0 Å². The molecule has 4 heteroatoms. The van der Waals surface area contributed by atoms with E-state index in [9.17, 15) is 0 Å². The van der Waals surface area contributed by atoms with E-state index in [0.717, 1.165) is 16.2 Å². The Kier molecular flexibility index (Phi) is 3.86. The summed E-state index contributed by atoms with van der Waals surface area (Å²) >= 11 is 6.58. The highest BCUT2D eigenvalue weighted by Crippen LogP contribution is 2.14. The van der Waals surface area contributed by atoms with Gasteiger partial charge in [0.2, 0.25) is 0 Å². The molecule has 0 unspecified atom stereocenters. The number of nitrogens with one attached hydrogen (secondary N) is 1. The maximum atomic E-state index is 3.92. The van der Waals surface area contributed by atoms with Gasteiger partial charge in [-0.05, 0) is 44.7 Å². The highest BCUT2D eigenvalue weighted by molar-refractivity contribution is 9.28. The molecule has 1 aromatic heterocycles. The number of nitrogens with zero attached hydrogens (tertiary/aromatic N) is 1. The molecule has 0 fully saturated rings. The molecule has 0 aliphatic carbocycles. The summed E-state index contributed by atoms with van der Waals surface area (Å²) in [6.07, 6.45) is 7.62. The minimum Gasteiger partial charge on any atom is -0.348 e. The zero-order chi connectivity index (χ0) is 8.10. The van der Waals surface area contributed by atoms with E-state index in [-0.39, 0.29) is 0 Å². The van der Waals surface area contributed by atoms with Crippen molar-refractivity contribution in [1.82, 2.24) is 9.97 Å². The van der Waals surface area contributed by atoms with Crippen molar-refractivity contribution in [2.75, 3.05) is 0 Å². The number of rotatable bonds is 3. The third kappa shape index (κ3) is 3.72. The van der Waals surface area contributed by atoms with Gasteiger partial charge < -0.3 is 4.98 Å². The van der Waals surface area contributed by atoms with Crippen LogP contribution in [-0.4, -0.2) is 9.97 Å². The fraction of sp³-hybridized carbons (Fsp3) is 0.286. The molecule has 1 N–H and O–H groups in total. The van der Waals surface area contributed by atoms with Gasteiger partial charge in [0, 0.05) is 11.9 Å². The summed E-state index contributed by atoms with van der Waals surface area (Å²) in [6.45, 7) is 0. The van der Waals surface area contributed by atoms with Gasteiger partial charge in [-0.2, -0.15) is 0 Å². The highest BCUT2D eigenvalue weighted by Gasteiger charge is 1.90. The van der Waals surface area contributed by atoms with Crippen LogP contribution in [-0.2, 0) is 6.42 Å². The first-order chi connectivity index (χ1) is 5.29. The standard InChI is InChI=1S/C7H8Br2N2/c8-7(9)3-1-2-6-4-10-5-11-6/h3-5H,1-2H2,(H,10,11). The summed E-state index contributed by atoms with van der Waals surface area (Å²) in [4.78, 5) is 6.96. The van der Waals surface area contributed by atoms with E-state index >= 15 is 0 Å². The van der Waals surface area contributed by atoms with Crippen LogP contribution in [0.3, 0.4) is 0 Å². The van der Waals surface area contributed by atoms with E-state index in [1.54, 1.807) is 6.33 Å². The molecule has 0 bridgehead atoms. The van der Waals surface area contributed by atoms with Crippen LogP contribution in [0.1, 0.15) is 12.1 Å². The molecule has 0 aliphatic heterocycles. The first kappa shape index (κ1) is 9.00. The maximum absolute atomic E-state index is 3.92. The molecule has 0 spiro atoms. The van der Waals surface area contributed by atoms with Crippen molar-refractivity contribution in [3.63, 3.8) is 0 Å². The first-order valence-electron chi connectivity index (χ1n) is 3.27. The Labute approximate surface area is 82.4 Å². The number of hydrogen-bond donors (Lipinski definition) is 1. The number of aryl methyl sites for hydroxylation is 1. The molecule has 1 rings (SSSR count). The van der Waals surface area contributed by atoms with Gasteiger partial charge in [-0.15, -0.1) is 0 Å². The number of aromatic amines is 1. The Hall–Kier alpha value is -0.0900. The van der Waals surface area contributed by atoms with Gasteiger partial charge in [0.25, 0.3) is 0 Å². The SMILES string of the molecule is BrC(Br)=CCCc1cnc[nH]1. The molecule has 0 saturated heterocycles. The molecular weight excluding hydrogens is 272 g/mol. The summed E-state index contributed by atoms with van der Waals surface area (Å²) in [5, 5.41) is 0. The van der Waals surface area contributed by atoms with E-state index in [2.05, 4.69) is 47.9 Å². The van der Waals surface area contributed by atoms with Crippen LogP contribution in [0.5, 0.6) is 0 Å². The lowest BCUT2D eigenvalue weighted by Crippen LogP contribution is -1.81. The predicted molar refractivity (Wildman–Crippen MR) is 52.8 cm³/mol. The molecule has 0 saturated carbocycles. The van der Waals surface area contributed by atoms with Crippen LogP contribution in [0.25, 0.3) is 0 Å². The fourth-order valence-electron chi connectivity index (χ4n) is 0.758. The minimum atomic E-state index is 1.00. The molecular formula is C7H8Br2N2. The largest absolute Gasteiger partial charge is 0.348 e. The van der Waals surface area contributed by atoms with Gasteiger partial charge in [-0.25, -0.2) is 4.98 Å². The lowest BCUT2D eigenvalue weighted by molar-refractivity contribution is 0.959. The Morgan fingerprint density at radius 3 is 3.00 bits per heavy atom. The number of halogens is 2. The molecule has 0 amide bonds. The third-order valence-electron chi connectivity index (χ3n) is 1.27. The van der Waals surface area contributed by atoms with Gasteiger partial charge in [-0.1, -0.05) is 6.08 Å². The normalized spacial score (nSPS) is 9.64. The molecule has 1 aromatic rings. The van der Waals surface area contributed by atoms with Gasteiger partial charge >= 0.3 is 0 Å². The topological polar surface area (TPSA) is 28.7 Å². The predicted octanol–water partition coefficient (Wildman–Crippen LogP) is 2.97. The molecule has 0 aliphatic rings. The molecule has 0 atom stereocenters. The number of allylic oxidation sites excluding steroid dienone is 1. The van der Waals surface area contributed by atoms with Crippen LogP contribution < -0.4 is 0 Å². The lowest BCUT2D eigenvalue weighted by Gasteiger charge is -1.90. The highest BCUT2D eigenvalue weighted by atomic mass is 79.9. The zero-order valence-corrected chi connectivity index (χ0v) is 9.02. The lowest BCUT2D eigenvalue weighted by atomic mass is 10.2. The summed E-state index contributed by atoms with van der Waals surface area (Å²) in [5.41, 5.74) is 1.17. The molecule has 2 nitrogen and oxygen atoms in total.